The van der Waals surface area contributed by atoms with E-state index in [-0.39, 0.29) is 25.0 Å². The number of hydrogen-bond donors (Lipinski definition) is 4. The summed E-state index contributed by atoms with van der Waals surface area (Å²) in [4.78, 5) is 29.4. The largest absolute Gasteiger partial charge is 0.395 e. The molecule has 0 saturated heterocycles. The lowest BCUT2D eigenvalue weighted by Crippen LogP contribution is -2.41. The molecule has 0 heterocycles. The van der Waals surface area contributed by atoms with Crippen LogP contribution in [0.2, 0.25) is 0 Å². The second kappa shape index (κ2) is 40.5. The summed E-state index contributed by atoms with van der Waals surface area (Å²) in [5.74, 6) is 0.145. The minimum atomic E-state index is 0.0448. The van der Waals surface area contributed by atoms with Crippen LogP contribution in [0.4, 0.5) is 0 Å². The SMILES string of the molecule is CCCCCCCCCCCCCCCNC(=O)CCN(CCC(=O)NCCCCCCCCCCCCCCC)CCN(CCO)CCO. The maximum absolute atomic E-state index is 12.6. The third-order valence-corrected chi connectivity index (χ3v) is 10.1. The molecule has 0 spiro atoms. The summed E-state index contributed by atoms with van der Waals surface area (Å²) >= 11 is 0. The van der Waals surface area contributed by atoms with E-state index in [0.717, 1.165) is 25.9 Å². The van der Waals surface area contributed by atoms with Gasteiger partial charge in [0.2, 0.25) is 11.8 Å². The summed E-state index contributed by atoms with van der Waals surface area (Å²) in [6, 6.07) is 0. The molecule has 0 aromatic heterocycles. The number of hydrogen-bond acceptors (Lipinski definition) is 6. The number of nitrogens with one attached hydrogen (secondary N) is 2. The van der Waals surface area contributed by atoms with Gasteiger partial charge in [-0.3, -0.25) is 14.5 Å². The molecule has 50 heavy (non-hydrogen) atoms. The van der Waals surface area contributed by atoms with Crippen LogP contribution < -0.4 is 10.6 Å². The standard InChI is InChI=1S/C42H86N4O4/c1-3-5-7-9-11-13-15-17-19-21-23-25-27-31-43-41(49)29-33-45(35-36-46(37-39-47)38-40-48)34-30-42(50)44-32-28-26-24-22-20-18-16-14-12-10-8-6-4-2/h47-48H,3-40H2,1-2H3,(H,43,49)(H,44,50). The van der Waals surface area contributed by atoms with Crippen molar-refractivity contribution < 1.29 is 19.8 Å². The number of carbonyl (C=O) groups is 2. The van der Waals surface area contributed by atoms with Gasteiger partial charge in [-0.1, -0.05) is 168 Å². The van der Waals surface area contributed by atoms with Crippen LogP contribution in [0, 0.1) is 0 Å². The van der Waals surface area contributed by atoms with Crippen molar-refractivity contribution in [2.24, 2.45) is 0 Å². The Labute approximate surface area is 310 Å². The molecule has 2 amide bonds. The summed E-state index contributed by atoms with van der Waals surface area (Å²) in [6.45, 7) is 9.69. The van der Waals surface area contributed by atoms with E-state index in [1.807, 2.05) is 4.90 Å². The molecule has 8 heteroatoms. The molecular formula is C42H86N4O4. The van der Waals surface area contributed by atoms with Crippen LogP contribution in [0.3, 0.4) is 0 Å². The first-order valence-corrected chi connectivity index (χ1v) is 21.8. The van der Waals surface area contributed by atoms with Gasteiger partial charge in [0.15, 0.2) is 0 Å². The Bertz CT molecular complexity index is 657. The third-order valence-electron chi connectivity index (χ3n) is 10.1. The molecule has 0 saturated carbocycles. The van der Waals surface area contributed by atoms with Crippen LogP contribution in [0.1, 0.15) is 194 Å². The summed E-state index contributed by atoms with van der Waals surface area (Å²) in [6.07, 6.45) is 35.1. The molecule has 0 rings (SSSR count). The Morgan fingerprint density at radius 3 is 0.920 bits per heavy atom. The van der Waals surface area contributed by atoms with Crippen molar-refractivity contribution in [1.29, 1.82) is 0 Å². The van der Waals surface area contributed by atoms with Crippen LogP contribution in [0.25, 0.3) is 0 Å². The van der Waals surface area contributed by atoms with E-state index in [1.165, 1.54) is 154 Å². The number of rotatable bonds is 41. The highest BCUT2D eigenvalue weighted by Gasteiger charge is 2.13. The molecule has 0 aliphatic carbocycles. The quantitative estimate of drug-likeness (QED) is 0.0473. The van der Waals surface area contributed by atoms with Crippen molar-refractivity contribution in [3.8, 4) is 0 Å². The topological polar surface area (TPSA) is 105 Å². The number of aliphatic hydroxyl groups excluding tert-OH is 2. The monoisotopic (exact) mass is 711 g/mol. The van der Waals surface area contributed by atoms with Crippen LogP contribution in [-0.4, -0.2) is 97.4 Å². The van der Waals surface area contributed by atoms with E-state index in [4.69, 9.17) is 0 Å². The third kappa shape index (κ3) is 36.6. The summed E-state index contributed by atoms with van der Waals surface area (Å²) in [7, 11) is 0. The maximum Gasteiger partial charge on any atom is 0.221 e. The van der Waals surface area contributed by atoms with Crippen molar-refractivity contribution in [3.63, 3.8) is 0 Å². The van der Waals surface area contributed by atoms with Crippen molar-refractivity contribution in [3.05, 3.63) is 0 Å². The van der Waals surface area contributed by atoms with Crippen molar-refractivity contribution in [1.82, 2.24) is 20.4 Å². The summed E-state index contributed by atoms with van der Waals surface area (Å²) in [5, 5.41) is 25.0. The molecule has 8 nitrogen and oxygen atoms in total. The van der Waals surface area contributed by atoms with Gasteiger partial charge >= 0.3 is 0 Å². The van der Waals surface area contributed by atoms with Crippen LogP contribution in [0.15, 0.2) is 0 Å². The fourth-order valence-corrected chi connectivity index (χ4v) is 6.67. The first-order valence-electron chi connectivity index (χ1n) is 21.8. The van der Waals surface area contributed by atoms with Gasteiger partial charge in [0.1, 0.15) is 0 Å². The zero-order valence-electron chi connectivity index (χ0n) is 33.5. The van der Waals surface area contributed by atoms with Gasteiger partial charge in [0, 0.05) is 65.2 Å². The predicted octanol–water partition coefficient (Wildman–Crippen LogP) is 8.77. The first-order chi connectivity index (χ1) is 24.6. The Morgan fingerprint density at radius 1 is 0.380 bits per heavy atom. The van der Waals surface area contributed by atoms with Gasteiger partial charge in [0.25, 0.3) is 0 Å². The zero-order chi connectivity index (χ0) is 36.6. The lowest BCUT2D eigenvalue weighted by molar-refractivity contribution is -0.121. The molecule has 0 aromatic rings. The molecule has 0 fully saturated rings. The molecule has 0 unspecified atom stereocenters. The van der Waals surface area contributed by atoms with E-state index in [9.17, 15) is 19.8 Å². The van der Waals surface area contributed by atoms with E-state index < -0.39 is 0 Å². The van der Waals surface area contributed by atoms with Crippen LogP contribution >= 0.6 is 0 Å². The van der Waals surface area contributed by atoms with Crippen molar-refractivity contribution >= 4 is 11.8 Å². The first kappa shape index (κ1) is 48.8. The Balaban J connectivity index is 4.11. The molecule has 0 bridgehead atoms. The molecule has 0 atom stereocenters. The second-order valence-corrected chi connectivity index (χ2v) is 14.8. The van der Waals surface area contributed by atoms with Gasteiger partial charge in [-0.25, -0.2) is 0 Å². The normalized spacial score (nSPS) is 11.6. The molecular weight excluding hydrogens is 624 g/mol. The predicted molar refractivity (Wildman–Crippen MR) is 214 cm³/mol. The van der Waals surface area contributed by atoms with E-state index in [1.54, 1.807) is 0 Å². The second-order valence-electron chi connectivity index (χ2n) is 14.8. The molecule has 4 N–H and O–H groups in total. The minimum Gasteiger partial charge on any atom is -0.395 e. The number of unbranched alkanes of at least 4 members (excludes halogenated alkanes) is 24. The maximum atomic E-state index is 12.6. The lowest BCUT2D eigenvalue weighted by atomic mass is 10.0. The average Bonchev–Trinajstić information content (AvgIpc) is 3.11. The Morgan fingerprint density at radius 2 is 0.640 bits per heavy atom. The fourth-order valence-electron chi connectivity index (χ4n) is 6.67. The number of aliphatic hydroxyl groups is 2. The van der Waals surface area contributed by atoms with Gasteiger partial charge in [-0.05, 0) is 12.8 Å². The van der Waals surface area contributed by atoms with Gasteiger partial charge in [-0.2, -0.15) is 0 Å². The fraction of sp³-hybridized carbons (Fsp3) is 0.952. The van der Waals surface area contributed by atoms with E-state index in [0.29, 0.717) is 52.1 Å². The summed E-state index contributed by atoms with van der Waals surface area (Å²) in [5.41, 5.74) is 0. The van der Waals surface area contributed by atoms with Crippen LogP contribution in [0.5, 0.6) is 0 Å². The highest BCUT2D eigenvalue weighted by Crippen LogP contribution is 2.13. The van der Waals surface area contributed by atoms with Crippen LogP contribution in [-0.2, 0) is 9.59 Å². The van der Waals surface area contributed by atoms with Crippen molar-refractivity contribution in [2.75, 3.05) is 65.6 Å². The van der Waals surface area contributed by atoms with Gasteiger partial charge in [0.05, 0.1) is 13.2 Å². The van der Waals surface area contributed by atoms with Gasteiger partial charge in [-0.15, -0.1) is 0 Å². The number of carbonyl (C=O) groups excluding carboxylic acids is 2. The number of amides is 2. The lowest BCUT2D eigenvalue weighted by Gasteiger charge is -2.26. The highest BCUT2D eigenvalue weighted by molar-refractivity contribution is 5.76. The molecule has 0 radical (unpaired) electrons. The van der Waals surface area contributed by atoms with Gasteiger partial charge < -0.3 is 25.7 Å². The molecule has 0 aromatic carbocycles. The smallest absolute Gasteiger partial charge is 0.221 e. The zero-order valence-corrected chi connectivity index (χ0v) is 33.5. The van der Waals surface area contributed by atoms with E-state index in [2.05, 4.69) is 29.4 Å². The number of nitrogens with zero attached hydrogens (tertiary/aromatic N) is 2. The highest BCUT2D eigenvalue weighted by atomic mass is 16.3. The Kier molecular flexibility index (Phi) is 39.6. The molecule has 0 aliphatic heterocycles. The Hall–Kier alpha value is -1.22. The van der Waals surface area contributed by atoms with Crippen molar-refractivity contribution in [2.45, 2.75) is 194 Å². The van der Waals surface area contributed by atoms with E-state index >= 15 is 0 Å². The molecule has 0 aliphatic rings. The summed E-state index contributed by atoms with van der Waals surface area (Å²) < 4.78 is 0. The molecule has 298 valence electrons. The average molecular weight is 711 g/mol. The minimum absolute atomic E-state index is 0.0448.